The van der Waals surface area contributed by atoms with Gasteiger partial charge in [-0.1, -0.05) is 54.6 Å². The summed E-state index contributed by atoms with van der Waals surface area (Å²) in [6, 6.07) is 17.7. The van der Waals surface area contributed by atoms with Gasteiger partial charge in [-0.05, 0) is 49.4 Å². The van der Waals surface area contributed by atoms with Crippen LogP contribution in [0, 0.1) is 0 Å². The van der Waals surface area contributed by atoms with Crippen LogP contribution in [0.5, 0.6) is 0 Å². The second-order valence-electron chi connectivity index (χ2n) is 7.14. The smallest absolute Gasteiger partial charge is 0.165 e. The highest BCUT2D eigenvalue weighted by molar-refractivity contribution is 6.32. The number of carbonyl (C=O) groups excluding carboxylic acids is 1. The topological polar surface area (TPSA) is 49.3 Å². The Balaban J connectivity index is 2.04. The Hall–Kier alpha value is -1.68. The lowest BCUT2D eigenvalue weighted by Crippen LogP contribution is -2.43. The van der Waals surface area contributed by atoms with Crippen LogP contribution in [0.4, 0.5) is 0 Å². The van der Waals surface area contributed by atoms with Gasteiger partial charge in [0.2, 0.25) is 0 Å². The van der Waals surface area contributed by atoms with Gasteiger partial charge in [-0.25, -0.2) is 0 Å². The summed E-state index contributed by atoms with van der Waals surface area (Å²) in [4.78, 5) is 13.7. The molecule has 0 aromatic heterocycles. The van der Waals surface area contributed by atoms with Crippen LogP contribution in [-0.4, -0.2) is 24.0 Å². The zero-order valence-corrected chi connectivity index (χ0v) is 15.9. The van der Waals surface area contributed by atoms with Crippen LogP contribution in [0.1, 0.15) is 47.8 Å². The summed E-state index contributed by atoms with van der Waals surface area (Å²) < 4.78 is 0. The van der Waals surface area contributed by atoms with E-state index in [2.05, 4.69) is 17.4 Å². The standard InChI is InChI=1S/C22H26ClNO2/c1-24-15-17-9-5-6-10-19(17)22(13-11-18(25)12-14-22)21(26)20(23)16-7-3-2-4-8-16/h2-10,18,20,24-25H,11-15H2,1H3. The highest BCUT2D eigenvalue weighted by Gasteiger charge is 2.46. The number of alkyl halides is 1. The van der Waals surface area contributed by atoms with Crippen molar-refractivity contribution in [3.05, 3.63) is 71.3 Å². The van der Waals surface area contributed by atoms with Crippen molar-refractivity contribution in [2.24, 2.45) is 0 Å². The molecule has 138 valence electrons. The van der Waals surface area contributed by atoms with E-state index in [1.807, 2.05) is 49.5 Å². The second-order valence-corrected chi connectivity index (χ2v) is 7.57. The lowest BCUT2D eigenvalue weighted by Gasteiger charge is -2.40. The van der Waals surface area contributed by atoms with E-state index in [4.69, 9.17) is 11.6 Å². The van der Waals surface area contributed by atoms with Crippen molar-refractivity contribution in [1.29, 1.82) is 0 Å². The average Bonchev–Trinajstić information content (AvgIpc) is 2.69. The van der Waals surface area contributed by atoms with Crippen LogP contribution >= 0.6 is 11.6 Å². The third-order valence-corrected chi connectivity index (χ3v) is 5.95. The number of benzene rings is 2. The highest BCUT2D eigenvalue weighted by atomic mass is 35.5. The van der Waals surface area contributed by atoms with Crippen molar-refractivity contribution in [2.45, 2.75) is 49.1 Å². The number of hydrogen-bond donors (Lipinski definition) is 2. The second kappa shape index (κ2) is 8.34. The normalized spacial score (nSPS) is 24.2. The summed E-state index contributed by atoms with van der Waals surface area (Å²) in [7, 11) is 1.91. The molecule has 2 aromatic carbocycles. The van der Waals surface area contributed by atoms with Crippen molar-refractivity contribution >= 4 is 17.4 Å². The number of carbonyl (C=O) groups is 1. The molecule has 26 heavy (non-hydrogen) atoms. The molecule has 1 aliphatic rings. The summed E-state index contributed by atoms with van der Waals surface area (Å²) in [5, 5.41) is 12.6. The average molecular weight is 372 g/mol. The lowest BCUT2D eigenvalue weighted by atomic mass is 9.64. The maximum absolute atomic E-state index is 13.7. The van der Waals surface area contributed by atoms with Gasteiger partial charge in [0.25, 0.3) is 0 Å². The summed E-state index contributed by atoms with van der Waals surface area (Å²) in [5.41, 5.74) is 2.36. The third-order valence-electron chi connectivity index (χ3n) is 5.50. The Kier molecular flexibility index (Phi) is 6.13. The Morgan fingerprint density at radius 2 is 1.77 bits per heavy atom. The Morgan fingerprint density at radius 1 is 1.15 bits per heavy atom. The number of aliphatic hydroxyl groups excluding tert-OH is 1. The van der Waals surface area contributed by atoms with Gasteiger partial charge in [0, 0.05) is 6.54 Å². The zero-order chi connectivity index (χ0) is 18.6. The lowest BCUT2D eigenvalue weighted by molar-refractivity contribution is -0.126. The monoisotopic (exact) mass is 371 g/mol. The molecule has 1 saturated carbocycles. The molecule has 0 bridgehead atoms. The molecule has 1 unspecified atom stereocenters. The molecule has 1 atom stereocenters. The van der Waals surface area contributed by atoms with E-state index in [1.54, 1.807) is 0 Å². The van der Waals surface area contributed by atoms with Crippen molar-refractivity contribution in [3.63, 3.8) is 0 Å². The number of aliphatic hydroxyl groups is 1. The van der Waals surface area contributed by atoms with Crippen molar-refractivity contribution in [3.8, 4) is 0 Å². The quantitative estimate of drug-likeness (QED) is 0.751. The van der Waals surface area contributed by atoms with Gasteiger partial charge < -0.3 is 10.4 Å². The molecule has 3 rings (SSSR count). The fraction of sp³-hybridized carbons (Fsp3) is 0.409. The van der Waals surface area contributed by atoms with Crippen molar-refractivity contribution < 1.29 is 9.90 Å². The predicted octanol–water partition coefficient (Wildman–Crippen LogP) is 4.13. The van der Waals surface area contributed by atoms with Crippen molar-refractivity contribution in [2.75, 3.05) is 7.05 Å². The maximum Gasteiger partial charge on any atom is 0.165 e. The third kappa shape index (κ3) is 3.71. The van der Waals surface area contributed by atoms with E-state index < -0.39 is 10.8 Å². The molecule has 4 heteroatoms. The molecule has 0 saturated heterocycles. The maximum atomic E-state index is 13.7. The van der Waals surface area contributed by atoms with E-state index in [0.29, 0.717) is 32.2 Å². The largest absolute Gasteiger partial charge is 0.393 e. The molecule has 2 aromatic rings. The first kappa shape index (κ1) is 19.1. The minimum absolute atomic E-state index is 0.0424. The van der Waals surface area contributed by atoms with Crippen LogP contribution in [0.2, 0.25) is 0 Å². The fourth-order valence-corrected chi connectivity index (χ4v) is 4.45. The molecular formula is C22H26ClNO2. The van der Waals surface area contributed by atoms with E-state index in [-0.39, 0.29) is 11.9 Å². The van der Waals surface area contributed by atoms with Gasteiger partial charge >= 0.3 is 0 Å². The van der Waals surface area contributed by atoms with E-state index in [9.17, 15) is 9.90 Å². The van der Waals surface area contributed by atoms with Crippen LogP contribution < -0.4 is 5.32 Å². The predicted molar refractivity (Wildman–Crippen MR) is 105 cm³/mol. The van der Waals surface area contributed by atoms with E-state index in [1.165, 1.54) is 0 Å². The molecule has 2 N–H and O–H groups in total. The molecule has 0 amide bonds. The first-order valence-electron chi connectivity index (χ1n) is 9.23. The molecule has 0 heterocycles. The zero-order valence-electron chi connectivity index (χ0n) is 15.1. The van der Waals surface area contributed by atoms with Gasteiger partial charge in [0.05, 0.1) is 11.5 Å². The minimum atomic E-state index is -0.686. The number of halogens is 1. The SMILES string of the molecule is CNCc1ccccc1C1(C(=O)C(Cl)c2ccccc2)CCC(O)CC1. The van der Waals surface area contributed by atoms with Gasteiger partial charge in [0.15, 0.2) is 5.78 Å². The first-order valence-corrected chi connectivity index (χ1v) is 9.66. The molecule has 0 spiro atoms. The van der Waals surface area contributed by atoms with Crippen LogP contribution in [0.3, 0.4) is 0 Å². The van der Waals surface area contributed by atoms with Crippen LogP contribution in [0.15, 0.2) is 54.6 Å². The molecule has 0 radical (unpaired) electrons. The highest BCUT2D eigenvalue weighted by Crippen LogP contribution is 2.45. The van der Waals surface area contributed by atoms with Crippen LogP contribution in [0.25, 0.3) is 0 Å². The fourth-order valence-electron chi connectivity index (χ4n) is 4.09. The Bertz CT molecular complexity index is 739. The molecular weight excluding hydrogens is 346 g/mol. The molecule has 1 fully saturated rings. The van der Waals surface area contributed by atoms with Gasteiger partial charge in [0.1, 0.15) is 5.38 Å². The van der Waals surface area contributed by atoms with E-state index >= 15 is 0 Å². The minimum Gasteiger partial charge on any atom is -0.393 e. The van der Waals surface area contributed by atoms with Gasteiger partial charge in [-0.3, -0.25) is 4.79 Å². The Labute approximate surface area is 160 Å². The van der Waals surface area contributed by atoms with Gasteiger partial charge in [-0.2, -0.15) is 0 Å². The van der Waals surface area contributed by atoms with E-state index in [0.717, 1.165) is 16.7 Å². The number of ketones is 1. The molecule has 0 aliphatic heterocycles. The molecule has 3 nitrogen and oxygen atoms in total. The summed E-state index contributed by atoms with van der Waals surface area (Å²) >= 11 is 6.67. The number of rotatable bonds is 6. The summed E-state index contributed by atoms with van der Waals surface area (Å²) in [6.45, 7) is 0.700. The van der Waals surface area contributed by atoms with Crippen LogP contribution in [-0.2, 0) is 16.8 Å². The number of hydrogen-bond acceptors (Lipinski definition) is 3. The number of Topliss-reactive ketones (excluding diaryl/α,β-unsaturated/α-hetero) is 1. The summed E-state index contributed by atoms with van der Waals surface area (Å²) in [6.07, 6.45) is 2.17. The van der Waals surface area contributed by atoms with Gasteiger partial charge in [-0.15, -0.1) is 11.6 Å². The Morgan fingerprint density at radius 3 is 2.42 bits per heavy atom. The molecule has 1 aliphatic carbocycles. The first-order chi connectivity index (χ1) is 12.6. The summed E-state index contributed by atoms with van der Waals surface area (Å²) in [5.74, 6) is 0.0424. The van der Waals surface area contributed by atoms with Crippen molar-refractivity contribution in [1.82, 2.24) is 5.32 Å². The number of nitrogens with one attached hydrogen (secondary N) is 1.